The molecule has 1 heterocycles. The van der Waals surface area contributed by atoms with Crippen LogP contribution in [0, 0.1) is 15.9 Å². The minimum Gasteiger partial charge on any atom is -0.345 e. The molecule has 2 aromatic rings. The van der Waals surface area contributed by atoms with Gasteiger partial charge in [0.2, 0.25) is 0 Å². The van der Waals surface area contributed by atoms with Crippen molar-refractivity contribution in [3.05, 3.63) is 46.5 Å². The molecule has 0 unspecified atom stereocenters. The van der Waals surface area contributed by atoms with E-state index in [1.54, 1.807) is 6.20 Å². The quantitative estimate of drug-likeness (QED) is 0.605. The standard InChI is InChI=1S/C9H6FN3O2/c10-8-5-6(13(14)15)1-2-7(8)9-11-3-4-12-9/h1-5H,(H,11,12). The summed E-state index contributed by atoms with van der Waals surface area (Å²) < 4.78 is 13.4. The van der Waals surface area contributed by atoms with Crippen LogP contribution in [-0.4, -0.2) is 14.9 Å². The van der Waals surface area contributed by atoms with Crippen molar-refractivity contribution in [1.29, 1.82) is 0 Å². The normalized spacial score (nSPS) is 10.2. The molecule has 0 amide bonds. The van der Waals surface area contributed by atoms with Crippen LogP contribution in [-0.2, 0) is 0 Å². The van der Waals surface area contributed by atoms with Crippen LogP contribution >= 0.6 is 0 Å². The van der Waals surface area contributed by atoms with Crippen LogP contribution in [0.1, 0.15) is 0 Å². The molecule has 2 rings (SSSR count). The van der Waals surface area contributed by atoms with Gasteiger partial charge in [-0.05, 0) is 6.07 Å². The molecule has 5 nitrogen and oxygen atoms in total. The van der Waals surface area contributed by atoms with E-state index in [9.17, 15) is 14.5 Å². The predicted octanol–water partition coefficient (Wildman–Crippen LogP) is 2.12. The lowest BCUT2D eigenvalue weighted by molar-refractivity contribution is -0.385. The molecule has 15 heavy (non-hydrogen) atoms. The first-order valence-corrected chi connectivity index (χ1v) is 4.12. The van der Waals surface area contributed by atoms with Crippen LogP contribution in [0.15, 0.2) is 30.6 Å². The van der Waals surface area contributed by atoms with Gasteiger partial charge in [0.25, 0.3) is 5.69 Å². The molecule has 0 bridgehead atoms. The van der Waals surface area contributed by atoms with E-state index in [2.05, 4.69) is 9.97 Å². The van der Waals surface area contributed by atoms with E-state index in [1.165, 1.54) is 18.3 Å². The van der Waals surface area contributed by atoms with E-state index in [-0.39, 0.29) is 11.3 Å². The third-order valence-corrected chi connectivity index (χ3v) is 1.92. The van der Waals surface area contributed by atoms with Crippen molar-refractivity contribution >= 4 is 5.69 Å². The molecular weight excluding hydrogens is 201 g/mol. The van der Waals surface area contributed by atoms with Gasteiger partial charge in [0, 0.05) is 18.5 Å². The second-order valence-electron chi connectivity index (χ2n) is 2.86. The van der Waals surface area contributed by atoms with Crippen molar-refractivity contribution in [2.75, 3.05) is 0 Å². The van der Waals surface area contributed by atoms with Gasteiger partial charge in [-0.2, -0.15) is 0 Å². The van der Waals surface area contributed by atoms with E-state index in [0.29, 0.717) is 5.82 Å². The number of benzene rings is 1. The minimum atomic E-state index is -0.667. The van der Waals surface area contributed by atoms with Gasteiger partial charge in [-0.3, -0.25) is 10.1 Å². The van der Waals surface area contributed by atoms with Crippen molar-refractivity contribution in [1.82, 2.24) is 9.97 Å². The number of aromatic amines is 1. The Morgan fingerprint density at radius 1 is 1.47 bits per heavy atom. The minimum absolute atomic E-state index is 0.214. The van der Waals surface area contributed by atoms with Crippen molar-refractivity contribution < 1.29 is 9.31 Å². The van der Waals surface area contributed by atoms with E-state index < -0.39 is 10.7 Å². The van der Waals surface area contributed by atoms with E-state index in [4.69, 9.17) is 0 Å². The Morgan fingerprint density at radius 2 is 2.27 bits per heavy atom. The summed E-state index contributed by atoms with van der Waals surface area (Å²) in [6, 6.07) is 3.44. The number of hydrogen-bond donors (Lipinski definition) is 1. The summed E-state index contributed by atoms with van der Waals surface area (Å²) in [7, 11) is 0. The molecule has 0 saturated carbocycles. The topological polar surface area (TPSA) is 71.8 Å². The molecule has 0 spiro atoms. The molecule has 0 aliphatic rings. The molecule has 0 radical (unpaired) electrons. The summed E-state index contributed by atoms with van der Waals surface area (Å²) >= 11 is 0. The van der Waals surface area contributed by atoms with Gasteiger partial charge in [0.15, 0.2) is 0 Å². The zero-order valence-corrected chi connectivity index (χ0v) is 7.48. The zero-order valence-electron chi connectivity index (χ0n) is 7.48. The van der Waals surface area contributed by atoms with Crippen LogP contribution < -0.4 is 0 Å². The van der Waals surface area contributed by atoms with Gasteiger partial charge in [-0.1, -0.05) is 0 Å². The van der Waals surface area contributed by atoms with Gasteiger partial charge in [-0.25, -0.2) is 9.37 Å². The highest BCUT2D eigenvalue weighted by atomic mass is 19.1. The highest BCUT2D eigenvalue weighted by molar-refractivity contribution is 5.58. The smallest absolute Gasteiger partial charge is 0.272 e. The molecular formula is C9H6FN3O2. The number of rotatable bonds is 2. The molecule has 0 aliphatic heterocycles. The number of H-pyrrole nitrogens is 1. The highest BCUT2D eigenvalue weighted by Crippen LogP contribution is 2.23. The van der Waals surface area contributed by atoms with Gasteiger partial charge in [0.1, 0.15) is 11.6 Å². The number of halogens is 1. The average Bonchev–Trinajstić information content (AvgIpc) is 2.70. The summed E-state index contributed by atoms with van der Waals surface area (Å²) in [6.07, 6.45) is 3.03. The van der Waals surface area contributed by atoms with E-state index >= 15 is 0 Å². The molecule has 1 aromatic carbocycles. The van der Waals surface area contributed by atoms with Crippen molar-refractivity contribution in [2.45, 2.75) is 0 Å². The Morgan fingerprint density at radius 3 is 2.80 bits per heavy atom. The maximum atomic E-state index is 13.4. The monoisotopic (exact) mass is 207 g/mol. The lowest BCUT2D eigenvalue weighted by Crippen LogP contribution is -1.91. The second-order valence-corrected chi connectivity index (χ2v) is 2.86. The molecule has 0 saturated heterocycles. The Labute approximate surface area is 83.7 Å². The fourth-order valence-corrected chi connectivity index (χ4v) is 1.22. The molecule has 0 fully saturated rings. The van der Waals surface area contributed by atoms with Gasteiger partial charge >= 0.3 is 0 Å². The SMILES string of the molecule is O=[N+]([O-])c1ccc(-c2ncc[nH]2)c(F)c1. The maximum Gasteiger partial charge on any atom is 0.272 e. The fourth-order valence-electron chi connectivity index (χ4n) is 1.22. The van der Waals surface area contributed by atoms with Gasteiger partial charge in [-0.15, -0.1) is 0 Å². The van der Waals surface area contributed by atoms with Gasteiger partial charge < -0.3 is 4.98 Å². The van der Waals surface area contributed by atoms with Gasteiger partial charge in [0.05, 0.1) is 16.6 Å². The molecule has 0 atom stereocenters. The molecule has 76 valence electrons. The molecule has 6 heteroatoms. The lowest BCUT2D eigenvalue weighted by Gasteiger charge is -1.98. The maximum absolute atomic E-state index is 13.4. The predicted molar refractivity (Wildman–Crippen MR) is 50.6 cm³/mol. The summed E-state index contributed by atoms with van der Waals surface area (Å²) in [4.78, 5) is 16.3. The number of nitrogens with one attached hydrogen (secondary N) is 1. The number of non-ortho nitro benzene ring substituents is 1. The third-order valence-electron chi connectivity index (χ3n) is 1.92. The van der Waals surface area contributed by atoms with Crippen LogP contribution in [0.25, 0.3) is 11.4 Å². The highest BCUT2D eigenvalue weighted by Gasteiger charge is 2.12. The number of imidazole rings is 1. The zero-order chi connectivity index (χ0) is 10.8. The van der Waals surface area contributed by atoms with Crippen LogP contribution in [0.2, 0.25) is 0 Å². The first kappa shape index (κ1) is 9.32. The van der Waals surface area contributed by atoms with Crippen molar-refractivity contribution in [2.24, 2.45) is 0 Å². The number of aromatic nitrogens is 2. The largest absolute Gasteiger partial charge is 0.345 e. The Bertz CT molecular complexity index is 496. The van der Waals surface area contributed by atoms with Crippen LogP contribution in [0.3, 0.4) is 0 Å². The number of nitro groups is 1. The van der Waals surface area contributed by atoms with E-state index in [1.807, 2.05) is 0 Å². The summed E-state index contributed by atoms with van der Waals surface area (Å²) in [5.74, 6) is -0.318. The Kier molecular flexibility index (Phi) is 2.17. The summed E-state index contributed by atoms with van der Waals surface area (Å²) in [5.41, 5.74) is -0.0617. The van der Waals surface area contributed by atoms with Crippen molar-refractivity contribution in [3.63, 3.8) is 0 Å². The van der Waals surface area contributed by atoms with Crippen molar-refractivity contribution in [3.8, 4) is 11.4 Å². The van der Waals surface area contributed by atoms with Crippen LogP contribution in [0.4, 0.5) is 10.1 Å². The van der Waals surface area contributed by atoms with E-state index in [0.717, 1.165) is 6.07 Å². The second kappa shape index (κ2) is 3.49. The third kappa shape index (κ3) is 1.69. The fraction of sp³-hybridized carbons (Fsp3) is 0. The molecule has 1 N–H and O–H groups in total. The lowest BCUT2D eigenvalue weighted by atomic mass is 10.2. The summed E-state index contributed by atoms with van der Waals surface area (Å²) in [5, 5.41) is 10.4. The first-order chi connectivity index (χ1) is 7.18. The molecule has 1 aromatic heterocycles. The summed E-state index contributed by atoms with van der Waals surface area (Å²) in [6.45, 7) is 0. The Hall–Kier alpha value is -2.24. The number of nitro benzene ring substituents is 1. The Balaban J connectivity index is 2.48. The number of hydrogen-bond acceptors (Lipinski definition) is 3. The first-order valence-electron chi connectivity index (χ1n) is 4.12. The van der Waals surface area contributed by atoms with Crippen LogP contribution in [0.5, 0.6) is 0 Å². The number of nitrogens with zero attached hydrogens (tertiary/aromatic N) is 2. The molecule has 0 aliphatic carbocycles. The average molecular weight is 207 g/mol.